The van der Waals surface area contributed by atoms with Gasteiger partial charge in [0.25, 0.3) is 0 Å². The summed E-state index contributed by atoms with van der Waals surface area (Å²) in [5.41, 5.74) is 1.56. The molecule has 1 N–H and O–H groups in total. The highest BCUT2D eigenvalue weighted by Gasteiger charge is 2.11. The van der Waals surface area contributed by atoms with Crippen LogP contribution in [0.15, 0.2) is 36.5 Å². The van der Waals surface area contributed by atoms with Crippen LogP contribution in [0.2, 0.25) is 5.02 Å². The van der Waals surface area contributed by atoms with Crippen molar-refractivity contribution in [2.75, 3.05) is 7.11 Å². The zero-order valence-corrected chi connectivity index (χ0v) is 11.2. The first-order valence-corrected chi connectivity index (χ1v) is 5.98. The van der Waals surface area contributed by atoms with Crippen LogP contribution < -0.4 is 0 Å². The van der Waals surface area contributed by atoms with Gasteiger partial charge < -0.3 is 9.84 Å². The van der Waals surface area contributed by atoms with Gasteiger partial charge >= 0.3 is 11.9 Å². The predicted octanol–water partition coefficient (Wildman–Crippen LogP) is 2.89. The Bertz CT molecular complexity index is 667. The Morgan fingerprint density at radius 2 is 1.90 bits per heavy atom. The minimum absolute atomic E-state index is 0.0936. The van der Waals surface area contributed by atoms with Gasteiger partial charge in [0.2, 0.25) is 0 Å². The van der Waals surface area contributed by atoms with Crippen molar-refractivity contribution in [3.63, 3.8) is 0 Å². The summed E-state index contributed by atoms with van der Waals surface area (Å²) >= 11 is 6.10. The van der Waals surface area contributed by atoms with Crippen LogP contribution in [-0.2, 0) is 4.74 Å². The molecular weight excluding hydrogens is 282 g/mol. The average molecular weight is 292 g/mol. The van der Waals surface area contributed by atoms with Gasteiger partial charge in [-0.25, -0.2) is 9.59 Å². The highest BCUT2D eigenvalue weighted by atomic mass is 35.5. The largest absolute Gasteiger partial charge is 0.478 e. The number of carbonyl (C=O) groups excluding carboxylic acids is 1. The highest BCUT2D eigenvalue weighted by molar-refractivity contribution is 6.33. The van der Waals surface area contributed by atoms with Gasteiger partial charge in [0.15, 0.2) is 0 Å². The van der Waals surface area contributed by atoms with Crippen molar-refractivity contribution >= 4 is 23.5 Å². The lowest BCUT2D eigenvalue weighted by Gasteiger charge is -2.06. The van der Waals surface area contributed by atoms with E-state index in [4.69, 9.17) is 16.7 Å². The number of aromatic nitrogens is 1. The Kier molecular flexibility index (Phi) is 4.00. The van der Waals surface area contributed by atoms with E-state index in [0.717, 1.165) is 0 Å². The van der Waals surface area contributed by atoms with Crippen LogP contribution in [0.3, 0.4) is 0 Å². The summed E-state index contributed by atoms with van der Waals surface area (Å²) in [5.74, 6) is -1.52. The van der Waals surface area contributed by atoms with Crippen molar-refractivity contribution in [3.05, 3.63) is 52.7 Å². The molecule has 0 aliphatic rings. The third-order valence-electron chi connectivity index (χ3n) is 2.68. The summed E-state index contributed by atoms with van der Waals surface area (Å²) in [5, 5.41) is 9.14. The average Bonchev–Trinajstić information content (AvgIpc) is 2.46. The topological polar surface area (TPSA) is 76.5 Å². The fourth-order valence-corrected chi connectivity index (χ4v) is 1.92. The van der Waals surface area contributed by atoms with E-state index in [2.05, 4.69) is 9.72 Å². The molecule has 1 aromatic carbocycles. The molecule has 0 fully saturated rings. The Hall–Kier alpha value is -2.40. The molecule has 0 bridgehead atoms. The molecule has 2 rings (SSSR count). The second-order valence-corrected chi connectivity index (χ2v) is 4.33. The molecule has 1 aromatic heterocycles. The number of pyridine rings is 1. The van der Waals surface area contributed by atoms with Crippen LogP contribution in [-0.4, -0.2) is 29.1 Å². The normalized spacial score (nSPS) is 10.1. The van der Waals surface area contributed by atoms with Gasteiger partial charge in [0.1, 0.15) is 0 Å². The molecule has 0 aliphatic heterocycles. The van der Waals surface area contributed by atoms with E-state index in [1.54, 1.807) is 18.2 Å². The maximum Gasteiger partial charge on any atom is 0.337 e. The molecule has 0 spiro atoms. The van der Waals surface area contributed by atoms with E-state index in [-0.39, 0.29) is 5.56 Å². The lowest BCUT2D eigenvalue weighted by molar-refractivity contribution is 0.0600. The van der Waals surface area contributed by atoms with Gasteiger partial charge in [-0.3, -0.25) is 4.98 Å². The van der Waals surface area contributed by atoms with Crippen molar-refractivity contribution in [1.82, 2.24) is 4.98 Å². The second kappa shape index (κ2) is 5.71. The number of carbonyl (C=O) groups is 2. The third-order valence-corrected chi connectivity index (χ3v) is 2.99. The van der Waals surface area contributed by atoms with Crippen LogP contribution in [0.5, 0.6) is 0 Å². The Morgan fingerprint density at radius 1 is 1.20 bits per heavy atom. The lowest BCUT2D eigenvalue weighted by Crippen LogP contribution is -2.01. The molecule has 0 saturated carbocycles. The fourth-order valence-electron chi connectivity index (χ4n) is 1.65. The Morgan fingerprint density at radius 3 is 2.40 bits per heavy atom. The van der Waals surface area contributed by atoms with Crippen molar-refractivity contribution in [2.45, 2.75) is 0 Å². The summed E-state index contributed by atoms with van der Waals surface area (Å²) in [6.45, 7) is 0. The number of carboxylic acids is 1. The molecule has 102 valence electrons. The van der Waals surface area contributed by atoms with Crippen LogP contribution in [0.25, 0.3) is 11.3 Å². The predicted molar refractivity (Wildman–Crippen MR) is 73.0 cm³/mol. The van der Waals surface area contributed by atoms with E-state index in [9.17, 15) is 9.59 Å². The number of esters is 1. The van der Waals surface area contributed by atoms with Crippen LogP contribution in [0, 0.1) is 0 Å². The van der Waals surface area contributed by atoms with E-state index in [0.29, 0.717) is 21.8 Å². The third kappa shape index (κ3) is 2.78. The number of aromatic carboxylic acids is 1. The number of benzene rings is 1. The molecule has 0 saturated heterocycles. The zero-order valence-electron chi connectivity index (χ0n) is 10.5. The smallest absolute Gasteiger partial charge is 0.337 e. The minimum atomic E-state index is -1.05. The number of carboxylic acid groups (broad SMARTS) is 1. The summed E-state index contributed by atoms with van der Waals surface area (Å²) in [6, 6.07) is 7.68. The molecule has 20 heavy (non-hydrogen) atoms. The number of halogens is 1. The van der Waals surface area contributed by atoms with E-state index >= 15 is 0 Å². The first-order chi connectivity index (χ1) is 9.52. The van der Waals surface area contributed by atoms with Gasteiger partial charge in [0.05, 0.1) is 29.0 Å². The number of hydrogen-bond donors (Lipinski definition) is 1. The summed E-state index contributed by atoms with van der Waals surface area (Å²) in [4.78, 5) is 26.2. The molecule has 0 radical (unpaired) electrons. The maximum atomic E-state index is 11.4. The number of rotatable bonds is 3. The first kappa shape index (κ1) is 14.0. The molecule has 6 heteroatoms. The van der Waals surface area contributed by atoms with Crippen molar-refractivity contribution < 1.29 is 19.4 Å². The number of nitrogens with zero attached hydrogens (tertiary/aromatic N) is 1. The van der Waals surface area contributed by atoms with Gasteiger partial charge in [-0.2, -0.15) is 0 Å². The summed E-state index contributed by atoms with van der Waals surface area (Å²) in [7, 11) is 1.29. The fraction of sp³-hybridized carbons (Fsp3) is 0.0714. The molecule has 5 nitrogen and oxygen atoms in total. The standard InChI is InChI=1S/C14H10ClNO4/c1-20-14(19)8-2-4-10(11(15)6-8)12-5-3-9(7-16-12)13(17)18/h2-7H,1H3,(H,17,18). The molecule has 1 heterocycles. The summed E-state index contributed by atoms with van der Waals surface area (Å²) < 4.78 is 4.60. The summed E-state index contributed by atoms with van der Waals surface area (Å²) in [6.07, 6.45) is 1.25. The monoisotopic (exact) mass is 291 g/mol. The number of ether oxygens (including phenoxy) is 1. The van der Waals surface area contributed by atoms with Crippen molar-refractivity contribution in [1.29, 1.82) is 0 Å². The van der Waals surface area contributed by atoms with E-state index < -0.39 is 11.9 Å². The van der Waals surface area contributed by atoms with Gasteiger partial charge in [-0.15, -0.1) is 0 Å². The Balaban J connectivity index is 2.38. The minimum Gasteiger partial charge on any atom is -0.478 e. The number of methoxy groups -OCH3 is 1. The quantitative estimate of drug-likeness (QED) is 0.880. The molecule has 0 amide bonds. The molecular formula is C14H10ClNO4. The first-order valence-electron chi connectivity index (χ1n) is 5.60. The Labute approximate surface area is 119 Å². The highest BCUT2D eigenvalue weighted by Crippen LogP contribution is 2.27. The molecule has 0 aliphatic carbocycles. The molecule has 2 aromatic rings. The maximum absolute atomic E-state index is 11.4. The lowest BCUT2D eigenvalue weighted by atomic mass is 10.1. The number of hydrogen-bond acceptors (Lipinski definition) is 4. The van der Waals surface area contributed by atoms with Crippen molar-refractivity contribution in [3.8, 4) is 11.3 Å². The van der Waals surface area contributed by atoms with Gasteiger partial charge in [0, 0.05) is 11.8 Å². The second-order valence-electron chi connectivity index (χ2n) is 3.92. The van der Waals surface area contributed by atoms with Gasteiger partial charge in [-0.05, 0) is 24.3 Å². The SMILES string of the molecule is COC(=O)c1ccc(-c2ccc(C(=O)O)cn2)c(Cl)c1. The van der Waals surface area contributed by atoms with Crippen molar-refractivity contribution in [2.24, 2.45) is 0 Å². The van der Waals surface area contributed by atoms with Crippen LogP contribution in [0.1, 0.15) is 20.7 Å². The molecule has 0 unspecified atom stereocenters. The van der Waals surface area contributed by atoms with Crippen LogP contribution >= 0.6 is 11.6 Å². The van der Waals surface area contributed by atoms with E-state index in [1.165, 1.54) is 25.4 Å². The van der Waals surface area contributed by atoms with Crippen LogP contribution in [0.4, 0.5) is 0 Å². The molecule has 0 atom stereocenters. The zero-order chi connectivity index (χ0) is 14.7. The van der Waals surface area contributed by atoms with E-state index in [1.807, 2.05) is 0 Å². The van der Waals surface area contributed by atoms with Gasteiger partial charge in [-0.1, -0.05) is 17.7 Å².